The molecule has 0 aliphatic carbocycles. The van der Waals surface area contributed by atoms with Gasteiger partial charge in [-0.1, -0.05) is 0 Å². The van der Waals surface area contributed by atoms with Crippen molar-refractivity contribution in [2.24, 2.45) is 0 Å². The molecule has 1 aromatic carbocycles. The quantitative estimate of drug-likeness (QED) is 0.524. The van der Waals surface area contributed by atoms with E-state index in [1.807, 2.05) is 0 Å². The molecular weight excluding hydrogens is 228 g/mol. The number of carboxylic acids is 1. The molecule has 1 aromatic rings. The summed E-state index contributed by atoms with van der Waals surface area (Å²) in [5, 5.41) is 31.2. The molecule has 0 fully saturated rings. The monoisotopic (exact) mass is 240 g/mol. The van der Waals surface area contributed by atoms with E-state index < -0.39 is 22.7 Å². The average molecular weight is 240 g/mol. The van der Waals surface area contributed by atoms with E-state index >= 15 is 0 Å². The maximum absolute atomic E-state index is 10.8. The van der Waals surface area contributed by atoms with Gasteiger partial charge in [0.25, 0.3) is 5.69 Å². The number of benzene rings is 1. The minimum atomic E-state index is -1.36. The van der Waals surface area contributed by atoms with Crippen LogP contribution in [0.25, 0.3) is 0 Å². The van der Waals surface area contributed by atoms with Crippen molar-refractivity contribution in [2.45, 2.75) is 13.0 Å². The summed E-state index contributed by atoms with van der Waals surface area (Å²) < 4.78 is 0. The second-order valence-electron chi connectivity index (χ2n) is 3.52. The van der Waals surface area contributed by atoms with Crippen molar-refractivity contribution in [3.8, 4) is 0 Å². The van der Waals surface area contributed by atoms with E-state index in [2.05, 4.69) is 5.32 Å². The van der Waals surface area contributed by atoms with E-state index in [9.17, 15) is 14.9 Å². The smallest absolute Gasteiger partial charge is 0.342 e. The molecule has 0 spiro atoms. The van der Waals surface area contributed by atoms with Gasteiger partial charge in [0.15, 0.2) is 0 Å². The van der Waals surface area contributed by atoms with Gasteiger partial charge in [-0.25, -0.2) is 4.79 Å². The SMILES string of the molecule is CC(O)CNc1ccc([N+](=O)[O-])c(C(=O)O)c1. The van der Waals surface area contributed by atoms with Crippen LogP contribution in [0.2, 0.25) is 0 Å². The zero-order valence-corrected chi connectivity index (χ0v) is 9.08. The molecule has 17 heavy (non-hydrogen) atoms. The van der Waals surface area contributed by atoms with E-state index in [1.165, 1.54) is 12.1 Å². The highest BCUT2D eigenvalue weighted by Crippen LogP contribution is 2.22. The van der Waals surface area contributed by atoms with Crippen molar-refractivity contribution in [1.82, 2.24) is 0 Å². The van der Waals surface area contributed by atoms with Crippen LogP contribution in [0.3, 0.4) is 0 Å². The van der Waals surface area contributed by atoms with Crippen LogP contribution < -0.4 is 5.32 Å². The lowest BCUT2D eigenvalue weighted by Crippen LogP contribution is -2.15. The Labute approximate surface area is 96.8 Å². The van der Waals surface area contributed by atoms with E-state index in [4.69, 9.17) is 10.2 Å². The van der Waals surface area contributed by atoms with Gasteiger partial charge in [0.2, 0.25) is 0 Å². The average Bonchev–Trinajstić information content (AvgIpc) is 2.25. The number of hydrogen-bond acceptors (Lipinski definition) is 5. The summed E-state index contributed by atoms with van der Waals surface area (Å²) in [6, 6.07) is 3.68. The molecule has 0 amide bonds. The summed E-state index contributed by atoms with van der Waals surface area (Å²) >= 11 is 0. The van der Waals surface area contributed by atoms with Gasteiger partial charge < -0.3 is 15.5 Å². The molecule has 0 saturated heterocycles. The van der Waals surface area contributed by atoms with Crippen LogP contribution in [-0.2, 0) is 0 Å². The molecule has 0 aliphatic rings. The molecule has 0 aromatic heterocycles. The maximum atomic E-state index is 10.8. The first kappa shape index (κ1) is 12.9. The lowest BCUT2D eigenvalue weighted by atomic mass is 10.1. The minimum absolute atomic E-state index is 0.233. The fourth-order valence-electron chi connectivity index (χ4n) is 1.24. The molecule has 1 unspecified atom stereocenters. The number of carbonyl (C=O) groups is 1. The molecule has 7 heteroatoms. The number of anilines is 1. The number of hydrogen-bond donors (Lipinski definition) is 3. The Balaban J connectivity index is 3.02. The zero-order chi connectivity index (χ0) is 13.0. The highest BCUT2D eigenvalue weighted by molar-refractivity contribution is 5.93. The Bertz CT molecular complexity index is 444. The number of carboxylic acid groups (broad SMARTS) is 1. The summed E-state index contributed by atoms with van der Waals surface area (Å²) in [5.74, 6) is -1.36. The number of aliphatic hydroxyl groups is 1. The lowest BCUT2D eigenvalue weighted by molar-refractivity contribution is -0.385. The first-order chi connectivity index (χ1) is 7.91. The highest BCUT2D eigenvalue weighted by atomic mass is 16.6. The Kier molecular flexibility index (Phi) is 4.00. The van der Waals surface area contributed by atoms with Crippen molar-refractivity contribution < 1.29 is 19.9 Å². The minimum Gasteiger partial charge on any atom is -0.477 e. The van der Waals surface area contributed by atoms with Crippen LogP contribution in [0.5, 0.6) is 0 Å². The fourth-order valence-corrected chi connectivity index (χ4v) is 1.24. The maximum Gasteiger partial charge on any atom is 0.342 e. The standard InChI is InChI=1S/C10H12N2O5/c1-6(13)5-11-7-2-3-9(12(16)17)8(4-7)10(14)15/h2-4,6,11,13H,5H2,1H3,(H,14,15). The van der Waals surface area contributed by atoms with Crippen LogP contribution >= 0.6 is 0 Å². The van der Waals surface area contributed by atoms with Crippen molar-refractivity contribution >= 4 is 17.3 Å². The predicted molar refractivity (Wildman–Crippen MR) is 60.2 cm³/mol. The van der Waals surface area contributed by atoms with Gasteiger partial charge in [-0.2, -0.15) is 0 Å². The summed E-state index contributed by atoms with van der Waals surface area (Å²) in [4.78, 5) is 20.7. The highest BCUT2D eigenvalue weighted by Gasteiger charge is 2.19. The van der Waals surface area contributed by atoms with E-state index in [0.29, 0.717) is 5.69 Å². The van der Waals surface area contributed by atoms with Crippen molar-refractivity contribution in [3.63, 3.8) is 0 Å². The third kappa shape index (κ3) is 3.42. The molecule has 0 radical (unpaired) electrons. The Morgan fingerprint density at radius 3 is 2.71 bits per heavy atom. The number of nitro benzene ring substituents is 1. The normalized spacial score (nSPS) is 11.9. The zero-order valence-electron chi connectivity index (χ0n) is 9.08. The summed E-state index contributed by atoms with van der Waals surface area (Å²) in [7, 11) is 0. The van der Waals surface area contributed by atoms with Gasteiger partial charge in [0.05, 0.1) is 11.0 Å². The van der Waals surface area contributed by atoms with Crippen LogP contribution in [0, 0.1) is 10.1 Å². The van der Waals surface area contributed by atoms with Gasteiger partial charge in [0, 0.05) is 18.3 Å². The second-order valence-corrected chi connectivity index (χ2v) is 3.52. The number of aromatic carboxylic acids is 1. The van der Waals surface area contributed by atoms with Crippen LogP contribution in [0.15, 0.2) is 18.2 Å². The van der Waals surface area contributed by atoms with Crippen LogP contribution in [0.4, 0.5) is 11.4 Å². The number of nitrogens with one attached hydrogen (secondary N) is 1. The molecule has 3 N–H and O–H groups in total. The fraction of sp³-hybridized carbons (Fsp3) is 0.300. The predicted octanol–water partition coefficient (Wildman–Crippen LogP) is 1.09. The lowest BCUT2D eigenvalue weighted by Gasteiger charge is -2.08. The van der Waals surface area contributed by atoms with Crippen LogP contribution in [-0.4, -0.2) is 33.8 Å². The Hall–Kier alpha value is -2.15. The molecule has 0 bridgehead atoms. The Morgan fingerprint density at radius 1 is 1.59 bits per heavy atom. The molecular formula is C10H12N2O5. The topological polar surface area (TPSA) is 113 Å². The van der Waals surface area contributed by atoms with Crippen molar-refractivity contribution in [2.75, 3.05) is 11.9 Å². The van der Waals surface area contributed by atoms with Gasteiger partial charge >= 0.3 is 5.97 Å². The van der Waals surface area contributed by atoms with Gasteiger partial charge in [-0.05, 0) is 19.1 Å². The molecule has 0 saturated carbocycles. The van der Waals surface area contributed by atoms with Crippen molar-refractivity contribution in [3.05, 3.63) is 33.9 Å². The first-order valence-electron chi connectivity index (χ1n) is 4.85. The molecule has 0 heterocycles. The first-order valence-corrected chi connectivity index (χ1v) is 4.85. The van der Waals surface area contributed by atoms with E-state index in [-0.39, 0.29) is 12.1 Å². The Morgan fingerprint density at radius 2 is 2.24 bits per heavy atom. The van der Waals surface area contributed by atoms with Gasteiger partial charge in [-0.15, -0.1) is 0 Å². The molecule has 7 nitrogen and oxygen atoms in total. The van der Waals surface area contributed by atoms with Gasteiger partial charge in [-0.3, -0.25) is 10.1 Å². The van der Waals surface area contributed by atoms with Crippen molar-refractivity contribution in [1.29, 1.82) is 0 Å². The van der Waals surface area contributed by atoms with E-state index in [0.717, 1.165) is 6.07 Å². The number of rotatable bonds is 5. The number of nitro groups is 1. The summed E-state index contributed by atoms with van der Waals surface area (Å²) in [6.45, 7) is 1.80. The van der Waals surface area contributed by atoms with Gasteiger partial charge in [0.1, 0.15) is 5.56 Å². The molecule has 1 rings (SSSR count). The van der Waals surface area contributed by atoms with E-state index in [1.54, 1.807) is 6.92 Å². The molecule has 0 aliphatic heterocycles. The third-order valence-corrected chi connectivity index (χ3v) is 2.03. The molecule has 92 valence electrons. The second kappa shape index (κ2) is 5.26. The van der Waals surface area contributed by atoms with Crippen LogP contribution in [0.1, 0.15) is 17.3 Å². The summed E-state index contributed by atoms with van der Waals surface area (Å²) in [6.07, 6.45) is -0.599. The number of aliphatic hydroxyl groups excluding tert-OH is 1. The third-order valence-electron chi connectivity index (χ3n) is 2.03. The largest absolute Gasteiger partial charge is 0.477 e. The summed E-state index contributed by atoms with van der Waals surface area (Å²) in [5.41, 5.74) is -0.431. The molecule has 1 atom stereocenters. The number of nitrogens with zero attached hydrogens (tertiary/aromatic N) is 1.